The predicted molar refractivity (Wildman–Crippen MR) is 101 cm³/mol. The first kappa shape index (κ1) is 19.9. The molecule has 0 aliphatic carbocycles. The summed E-state index contributed by atoms with van der Waals surface area (Å²) in [7, 11) is 0. The molecule has 1 aliphatic heterocycles. The number of hydrogen-bond donors (Lipinski definition) is 2. The van der Waals surface area contributed by atoms with E-state index in [-0.39, 0.29) is 18.1 Å². The highest BCUT2D eigenvalue weighted by Gasteiger charge is 2.26. The van der Waals surface area contributed by atoms with E-state index in [9.17, 15) is 9.90 Å². The molecule has 140 valence electrons. The largest absolute Gasteiger partial charge is 0.392 e. The normalized spacial score (nSPS) is 21.7. The lowest BCUT2D eigenvalue weighted by Crippen LogP contribution is -2.54. The van der Waals surface area contributed by atoms with E-state index in [0.29, 0.717) is 12.5 Å². The van der Waals surface area contributed by atoms with Crippen molar-refractivity contribution in [3.05, 3.63) is 35.9 Å². The minimum atomic E-state index is -0.286. The Morgan fingerprint density at radius 2 is 2.00 bits per heavy atom. The van der Waals surface area contributed by atoms with Gasteiger partial charge in [0.25, 0.3) is 0 Å². The summed E-state index contributed by atoms with van der Waals surface area (Å²) >= 11 is 0. The van der Waals surface area contributed by atoms with Crippen molar-refractivity contribution < 1.29 is 9.90 Å². The summed E-state index contributed by atoms with van der Waals surface area (Å²) in [5.41, 5.74) is 1.13. The van der Waals surface area contributed by atoms with E-state index < -0.39 is 0 Å². The number of nitrogens with zero attached hydrogens (tertiary/aromatic N) is 2. The molecule has 1 heterocycles. The molecule has 1 saturated heterocycles. The van der Waals surface area contributed by atoms with Crippen molar-refractivity contribution in [2.24, 2.45) is 0 Å². The van der Waals surface area contributed by atoms with Crippen molar-refractivity contribution >= 4 is 5.91 Å². The van der Waals surface area contributed by atoms with Gasteiger partial charge in [-0.05, 0) is 25.8 Å². The van der Waals surface area contributed by atoms with Crippen molar-refractivity contribution in [2.45, 2.75) is 51.8 Å². The molecular formula is C20H33N3O2. The van der Waals surface area contributed by atoms with E-state index >= 15 is 0 Å². The fraction of sp³-hybridized carbons (Fsp3) is 0.650. The van der Waals surface area contributed by atoms with Crippen LogP contribution in [0.4, 0.5) is 0 Å². The number of benzene rings is 1. The number of amides is 1. The number of piperazine rings is 1. The van der Waals surface area contributed by atoms with Crippen LogP contribution in [0.25, 0.3) is 0 Å². The van der Waals surface area contributed by atoms with Gasteiger partial charge in [-0.2, -0.15) is 0 Å². The Labute approximate surface area is 152 Å². The summed E-state index contributed by atoms with van der Waals surface area (Å²) in [6, 6.07) is 10.6. The molecule has 1 fully saturated rings. The Hall–Kier alpha value is -1.43. The van der Waals surface area contributed by atoms with Gasteiger partial charge >= 0.3 is 0 Å². The summed E-state index contributed by atoms with van der Waals surface area (Å²) in [4.78, 5) is 17.0. The zero-order valence-electron chi connectivity index (χ0n) is 15.8. The van der Waals surface area contributed by atoms with Gasteiger partial charge in [0.15, 0.2) is 0 Å². The lowest BCUT2D eigenvalue weighted by molar-refractivity contribution is -0.122. The molecule has 1 aromatic carbocycles. The average molecular weight is 348 g/mol. The second-order valence-corrected chi connectivity index (χ2v) is 7.16. The Kier molecular flexibility index (Phi) is 7.88. The van der Waals surface area contributed by atoms with Crippen LogP contribution in [0.15, 0.2) is 30.3 Å². The maximum atomic E-state index is 12.2. The molecule has 1 aliphatic rings. The molecule has 0 bridgehead atoms. The lowest BCUT2D eigenvalue weighted by atomic mass is 10.1. The van der Waals surface area contributed by atoms with E-state index in [1.165, 1.54) is 0 Å². The molecule has 0 saturated carbocycles. The van der Waals surface area contributed by atoms with E-state index in [2.05, 4.69) is 22.0 Å². The maximum absolute atomic E-state index is 12.2. The molecule has 2 rings (SSSR count). The van der Waals surface area contributed by atoms with Gasteiger partial charge in [-0.15, -0.1) is 0 Å². The third-order valence-corrected chi connectivity index (χ3v) is 4.99. The van der Waals surface area contributed by atoms with Gasteiger partial charge in [0.1, 0.15) is 0 Å². The molecule has 0 aromatic heterocycles. The first-order valence-electron chi connectivity index (χ1n) is 9.48. The predicted octanol–water partition coefficient (Wildman–Crippen LogP) is 2.03. The SMILES string of the molecule is CC[C@@H]1CN(CCC(=O)N[C@H](C)c2ccccc2)CCN1C[C@@H](C)O. The van der Waals surface area contributed by atoms with Crippen LogP contribution in [-0.4, -0.2) is 65.7 Å². The standard InChI is InChI=1S/C20H33N3O2/c1-4-19-15-22(12-13-23(19)14-16(2)24)11-10-20(25)21-17(3)18-8-6-5-7-9-18/h5-9,16-17,19,24H,4,10-15H2,1-3H3,(H,21,25)/t16-,17-,19-/m1/s1. The van der Waals surface area contributed by atoms with Gasteiger partial charge in [-0.1, -0.05) is 37.3 Å². The van der Waals surface area contributed by atoms with Crippen molar-refractivity contribution in [1.29, 1.82) is 0 Å². The van der Waals surface area contributed by atoms with Gasteiger partial charge in [-0.3, -0.25) is 14.6 Å². The molecule has 0 radical (unpaired) electrons. The second-order valence-electron chi connectivity index (χ2n) is 7.16. The minimum Gasteiger partial charge on any atom is -0.392 e. The number of hydrogen-bond acceptors (Lipinski definition) is 4. The highest BCUT2D eigenvalue weighted by atomic mass is 16.3. The van der Waals surface area contributed by atoms with Crippen LogP contribution in [0.1, 0.15) is 45.2 Å². The van der Waals surface area contributed by atoms with E-state index in [4.69, 9.17) is 0 Å². The highest BCUT2D eigenvalue weighted by Crippen LogP contribution is 2.14. The van der Waals surface area contributed by atoms with Crippen molar-refractivity contribution in [3.63, 3.8) is 0 Å². The van der Waals surface area contributed by atoms with Crippen LogP contribution in [0.3, 0.4) is 0 Å². The number of nitrogens with one attached hydrogen (secondary N) is 1. The molecular weight excluding hydrogens is 314 g/mol. The Bertz CT molecular complexity index is 521. The van der Waals surface area contributed by atoms with Crippen LogP contribution in [0.5, 0.6) is 0 Å². The van der Waals surface area contributed by atoms with Crippen LogP contribution in [-0.2, 0) is 4.79 Å². The number of β-amino-alcohol motifs (C(OH)–C–C–N with tert-alkyl or cyclic N) is 1. The van der Waals surface area contributed by atoms with Gasteiger partial charge < -0.3 is 10.4 Å². The molecule has 1 aromatic rings. The van der Waals surface area contributed by atoms with Gasteiger partial charge in [0.05, 0.1) is 12.1 Å². The molecule has 3 atom stereocenters. The van der Waals surface area contributed by atoms with Crippen molar-refractivity contribution in [2.75, 3.05) is 32.7 Å². The van der Waals surface area contributed by atoms with Crippen LogP contribution >= 0.6 is 0 Å². The molecule has 0 spiro atoms. The highest BCUT2D eigenvalue weighted by molar-refractivity contribution is 5.76. The fourth-order valence-corrected chi connectivity index (χ4v) is 3.53. The zero-order chi connectivity index (χ0) is 18.2. The zero-order valence-corrected chi connectivity index (χ0v) is 15.8. The Morgan fingerprint density at radius 1 is 1.28 bits per heavy atom. The Balaban J connectivity index is 1.75. The lowest BCUT2D eigenvalue weighted by Gasteiger charge is -2.41. The van der Waals surface area contributed by atoms with Gasteiger partial charge in [0, 0.05) is 45.2 Å². The molecule has 1 amide bonds. The maximum Gasteiger partial charge on any atom is 0.221 e. The summed E-state index contributed by atoms with van der Waals surface area (Å²) in [5.74, 6) is 0.107. The topological polar surface area (TPSA) is 55.8 Å². The third kappa shape index (κ3) is 6.42. The third-order valence-electron chi connectivity index (χ3n) is 4.99. The molecule has 25 heavy (non-hydrogen) atoms. The fourth-order valence-electron chi connectivity index (χ4n) is 3.53. The smallest absolute Gasteiger partial charge is 0.221 e. The van der Waals surface area contributed by atoms with Crippen molar-refractivity contribution in [1.82, 2.24) is 15.1 Å². The first-order chi connectivity index (χ1) is 12.0. The molecule has 5 heteroatoms. The number of carbonyl (C=O) groups is 1. The van der Waals surface area contributed by atoms with E-state index in [0.717, 1.165) is 44.7 Å². The van der Waals surface area contributed by atoms with Gasteiger partial charge in [0.2, 0.25) is 5.91 Å². The summed E-state index contributed by atoms with van der Waals surface area (Å²) in [6.07, 6.45) is 1.32. The quantitative estimate of drug-likeness (QED) is 0.755. The van der Waals surface area contributed by atoms with Crippen LogP contribution < -0.4 is 5.32 Å². The van der Waals surface area contributed by atoms with E-state index in [1.807, 2.05) is 44.2 Å². The van der Waals surface area contributed by atoms with Gasteiger partial charge in [-0.25, -0.2) is 0 Å². The summed E-state index contributed by atoms with van der Waals surface area (Å²) in [5, 5.41) is 12.7. The second kappa shape index (κ2) is 9.90. The van der Waals surface area contributed by atoms with Crippen LogP contribution in [0.2, 0.25) is 0 Å². The average Bonchev–Trinajstić information content (AvgIpc) is 2.61. The summed E-state index contributed by atoms with van der Waals surface area (Å²) < 4.78 is 0. The van der Waals surface area contributed by atoms with E-state index in [1.54, 1.807) is 0 Å². The Morgan fingerprint density at radius 3 is 2.64 bits per heavy atom. The summed E-state index contributed by atoms with van der Waals surface area (Å²) in [6.45, 7) is 10.5. The van der Waals surface area contributed by atoms with Crippen LogP contribution in [0, 0.1) is 0 Å². The minimum absolute atomic E-state index is 0.0416. The molecule has 2 N–H and O–H groups in total. The molecule has 5 nitrogen and oxygen atoms in total. The number of aliphatic hydroxyl groups is 1. The first-order valence-corrected chi connectivity index (χ1v) is 9.48. The van der Waals surface area contributed by atoms with Crippen molar-refractivity contribution in [3.8, 4) is 0 Å². The number of aliphatic hydroxyl groups excluding tert-OH is 1. The monoisotopic (exact) mass is 347 g/mol. The number of rotatable bonds is 8. The molecule has 0 unspecified atom stereocenters. The number of carbonyl (C=O) groups excluding carboxylic acids is 1.